The zero-order chi connectivity index (χ0) is 68.4. The number of ether oxygens (including phenoxy) is 4. The molecule has 4 aliphatic rings. The van der Waals surface area contributed by atoms with Crippen LogP contribution in [0.15, 0.2) is 170 Å². The van der Waals surface area contributed by atoms with Crippen LogP contribution < -0.4 is 18.9 Å². The van der Waals surface area contributed by atoms with Crippen LogP contribution in [0.25, 0.3) is 44.5 Å². The van der Waals surface area contributed by atoms with Crippen LogP contribution in [0.1, 0.15) is 153 Å². The Morgan fingerprint density at radius 2 is 0.562 bits per heavy atom. The normalized spacial score (nSPS) is 20.6. The van der Waals surface area contributed by atoms with E-state index in [2.05, 4.69) is 58.9 Å². The zero-order valence-electron chi connectivity index (χ0n) is 56.9. The Hall–Kier alpha value is -8.64. The highest BCUT2D eigenvalue weighted by molar-refractivity contribution is 5.78. The van der Waals surface area contributed by atoms with Crippen molar-refractivity contribution in [2.24, 2.45) is 47.3 Å². The molecular weight excluding hydrogens is 1210 g/mol. The van der Waals surface area contributed by atoms with Crippen molar-refractivity contribution in [2.75, 3.05) is 0 Å². The smallest absolute Gasteiger partial charge is 0.314 e. The van der Waals surface area contributed by atoms with E-state index in [1.165, 1.54) is 23.3 Å². The number of halogens is 4. The van der Waals surface area contributed by atoms with E-state index < -0.39 is 17.6 Å². The lowest BCUT2D eigenvalue weighted by Crippen LogP contribution is -2.25. The van der Waals surface area contributed by atoms with Gasteiger partial charge in [0.1, 0.15) is 46.3 Å². The summed E-state index contributed by atoms with van der Waals surface area (Å²) in [6.45, 7) is 16.6. The Kier molecular flexibility index (Phi) is 25.6. The highest BCUT2D eigenvalue weighted by Gasteiger charge is 2.30. The summed E-state index contributed by atoms with van der Waals surface area (Å²) in [4.78, 5) is 48.9. The fraction of sp³-hybridized carbons (Fsp3) is 0.381. The van der Waals surface area contributed by atoms with Gasteiger partial charge in [0.2, 0.25) is 0 Å². The van der Waals surface area contributed by atoms with E-state index >= 15 is 0 Å². The second-order valence-corrected chi connectivity index (χ2v) is 27.5. The number of aryl methyl sites for hydroxylation is 4. The second kappa shape index (κ2) is 34.3. The van der Waals surface area contributed by atoms with Crippen molar-refractivity contribution in [2.45, 2.75) is 158 Å². The van der Waals surface area contributed by atoms with Gasteiger partial charge in [0.15, 0.2) is 0 Å². The van der Waals surface area contributed by atoms with Gasteiger partial charge in [-0.05, 0) is 236 Å². The molecule has 0 N–H and O–H groups in total. The van der Waals surface area contributed by atoms with E-state index in [4.69, 9.17) is 18.9 Å². The summed E-state index contributed by atoms with van der Waals surface area (Å²) >= 11 is 0. The Morgan fingerprint density at radius 3 is 0.917 bits per heavy atom. The van der Waals surface area contributed by atoms with E-state index in [0.29, 0.717) is 45.9 Å². The van der Waals surface area contributed by atoms with Crippen molar-refractivity contribution < 1.29 is 55.7 Å². The van der Waals surface area contributed by atoms with Gasteiger partial charge >= 0.3 is 23.9 Å². The first-order valence-corrected chi connectivity index (χ1v) is 34.4. The van der Waals surface area contributed by atoms with Crippen molar-refractivity contribution in [1.82, 2.24) is 0 Å². The lowest BCUT2D eigenvalue weighted by molar-refractivity contribution is -0.141. The van der Waals surface area contributed by atoms with Gasteiger partial charge in [0.25, 0.3) is 0 Å². The van der Waals surface area contributed by atoms with E-state index in [0.717, 1.165) is 154 Å². The van der Waals surface area contributed by atoms with Gasteiger partial charge in [-0.25, -0.2) is 17.6 Å². The summed E-state index contributed by atoms with van der Waals surface area (Å²) in [5.74, 6) is 1.14. The van der Waals surface area contributed by atoms with Crippen LogP contribution in [-0.4, -0.2) is 23.9 Å². The summed E-state index contributed by atoms with van der Waals surface area (Å²) in [5, 5.41) is 0. The van der Waals surface area contributed by atoms with Gasteiger partial charge in [0.05, 0.1) is 29.2 Å². The predicted molar refractivity (Wildman–Crippen MR) is 373 cm³/mol. The van der Waals surface area contributed by atoms with Crippen LogP contribution in [0, 0.1) is 98.3 Å². The molecule has 8 aromatic carbocycles. The SMILES string of the molecule is Cc1ccc(-c2c(F)cc(OC(=O)C3CCC(C)CC3)cc2F)cc1.Cc1ccc(-c2ccc(OC(=O)C3CCC(C)CC3)cc2)cc1.Cc1ccc(-c2ccc(OC(=O)C3CCC(C)CC3)cc2)cc1F.Cc1ccc(-c2ccc(OC(=O)C3CCC(C)CC3)cc2F)cc1. The van der Waals surface area contributed by atoms with Crippen molar-refractivity contribution in [3.05, 3.63) is 215 Å². The molecule has 12 heteroatoms. The molecule has 0 bridgehead atoms. The largest absolute Gasteiger partial charge is 0.426 e. The third kappa shape index (κ3) is 20.7. The molecule has 4 fully saturated rings. The number of benzene rings is 8. The van der Waals surface area contributed by atoms with Gasteiger partial charge in [-0.3, -0.25) is 19.2 Å². The third-order valence-electron chi connectivity index (χ3n) is 19.5. The van der Waals surface area contributed by atoms with Crippen molar-refractivity contribution >= 4 is 23.9 Å². The molecule has 0 radical (unpaired) electrons. The molecule has 12 rings (SSSR count). The monoisotopic (exact) mass is 1300 g/mol. The van der Waals surface area contributed by atoms with Gasteiger partial charge in [-0.2, -0.15) is 0 Å². The van der Waals surface area contributed by atoms with Gasteiger partial charge in [0, 0.05) is 23.8 Å². The lowest BCUT2D eigenvalue weighted by atomic mass is 9.83. The number of rotatable bonds is 12. The fourth-order valence-electron chi connectivity index (χ4n) is 12.9. The van der Waals surface area contributed by atoms with Crippen LogP contribution in [0.2, 0.25) is 0 Å². The summed E-state index contributed by atoms with van der Waals surface area (Å²) in [5.41, 5.74) is 9.74. The zero-order valence-corrected chi connectivity index (χ0v) is 56.9. The molecule has 4 saturated carbocycles. The van der Waals surface area contributed by atoms with Crippen LogP contribution in [0.4, 0.5) is 17.6 Å². The van der Waals surface area contributed by atoms with Crippen LogP contribution in [0.5, 0.6) is 23.0 Å². The molecule has 0 spiro atoms. The number of hydrogen-bond acceptors (Lipinski definition) is 8. The molecule has 0 aromatic heterocycles. The molecule has 504 valence electrons. The van der Waals surface area contributed by atoms with E-state index in [-0.39, 0.29) is 70.3 Å². The lowest BCUT2D eigenvalue weighted by Gasteiger charge is -2.24. The molecule has 0 saturated heterocycles. The molecule has 0 amide bonds. The van der Waals surface area contributed by atoms with Gasteiger partial charge in [-0.15, -0.1) is 0 Å². The van der Waals surface area contributed by atoms with E-state index in [9.17, 15) is 36.7 Å². The van der Waals surface area contributed by atoms with E-state index in [1.54, 1.807) is 61.5 Å². The van der Waals surface area contributed by atoms with Crippen LogP contribution >= 0.6 is 0 Å². The summed E-state index contributed by atoms with van der Waals surface area (Å²) in [7, 11) is 0. The average Bonchev–Trinajstić information content (AvgIpc) is 1.09. The van der Waals surface area contributed by atoms with E-state index in [1.807, 2.05) is 80.6 Å². The summed E-state index contributed by atoms with van der Waals surface area (Å²) in [6, 6.07) is 50.1. The van der Waals surface area contributed by atoms with Gasteiger partial charge < -0.3 is 18.9 Å². The molecule has 96 heavy (non-hydrogen) atoms. The third-order valence-corrected chi connectivity index (χ3v) is 19.5. The minimum Gasteiger partial charge on any atom is -0.426 e. The minimum atomic E-state index is -0.732. The molecule has 4 aliphatic carbocycles. The maximum atomic E-state index is 14.4. The Labute approximate surface area is 565 Å². The van der Waals surface area contributed by atoms with Crippen LogP contribution in [0.3, 0.4) is 0 Å². The maximum absolute atomic E-state index is 14.4. The topological polar surface area (TPSA) is 105 Å². The molecule has 8 aromatic rings. The quantitative estimate of drug-likeness (QED) is 0.0677. The number of carbonyl (C=O) groups excluding carboxylic acids is 4. The first-order chi connectivity index (χ1) is 46.1. The predicted octanol–water partition coefficient (Wildman–Crippen LogP) is 22.1. The second-order valence-electron chi connectivity index (χ2n) is 27.5. The first-order valence-electron chi connectivity index (χ1n) is 34.4. The number of carbonyl (C=O) groups is 4. The minimum absolute atomic E-state index is 0.0204. The highest BCUT2D eigenvalue weighted by atomic mass is 19.1. The molecule has 0 heterocycles. The molecule has 0 unspecified atom stereocenters. The average molecular weight is 1310 g/mol. The number of esters is 4. The molecule has 0 aliphatic heterocycles. The Bertz CT molecular complexity index is 3830. The van der Waals surface area contributed by atoms with Crippen molar-refractivity contribution in [3.8, 4) is 67.5 Å². The highest BCUT2D eigenvalue weighted by Crippen LogP contribution is 2.37. The molecule has 0 atom stereocenters. The maximum Gasteiger partial charge on any atom is 0.314 e. The summed E-state index contributed by atoms with van der Waals surface area (Å²) in [6.07, 6.45) is 15.6. The first kappa shape index (κ1) is 71.6. The van der Waals surface area contributed by atoms with Gasteiger partial charge in [-0.1, -0.05) is 154 Å². The van der Waals surface area contributed by atoms with Crippen molar-refractivity contribution in [3.63, 3.8) is 0 Å². The van der Waals surface area contributed by atoms with Crippen LogP contribution in [-0.2, 0) is 19.2 Å². The molecular formula is C84H92F4O8. The molecule has 8 nitrogen and oxygen atoms in total. The Balaban J connectivity index is 0.000000150. The standard InChI is InChI=1S/C21H22F2O2.2C21H23FO2.C21H24O2/c1-13-3-7-15(8-4-13)20-18(22)11-17(12-19(20)23)25-21(24)16-9-5-14(2)6-10-16;1-14-3-7-16(8-4-14)19-12-11-18(13-20(19)22)24-21(23)17-9-5-15(2)6-10-17;1-14-3-6-17(7-4-14)21(23)24-19-11-9-16(10-12-19)18-8-5-15(2)20(22)13-18;1-15-3-7-17(8-4-15)18-11-13-20(14-12-18)23-21(22)19-9-5-16(2)6-10-19/h3-4,7-8,11-12,14,16H,5-6,9-10H2,1-2H3;3-4,7-8,11-13,15,17H,5-6,9-10H2,1-2H3;5,8-14,17H,3-4,6-7H2,1-2H3;3-4,7-8,11-14,16,19H,5-6,9-10H2,1-2H3. The number of hydrogen-bond donors (Lipinski definition) is 0. The fourth-order valence-corrected chi connectivity index (χ4v) is 12.9. The Morgan fingerprint density at radius 1 is 0.281 bits per heavy atom. The van der Waals surface area contributed by atoms with Crippen molar-refractivity contribution in [1.29, 1.82) is 0 Å². The summed E-state index contributed by atoms with van der Waals surface area (Å²) < 4.78 is 78.6.